The SMILES string of the molecule is Cn1nc(COC(F)C(F)F)cc1C(=O)O. The van der Waals surface area contributed by atoms with E-state index < -0.39 is 25.4 Å². The van der Waals surface area contributed by atoms with Gasteiger partial charge in [-0.05, 0) is 6.07 Å². The largest absolute Gasteiger partial charge is 0.477 e. The number of aromatic nitrogens is 2. The molecule has 0 saturated heterocycles. The van der Waals surface area contributed by atoms with Gasteiger partial charge < -0.3 is 9.84 Å². The van der Waals surface area contributed by atoms with Crippen molar-refractivity contribution in [1.82, 2.24) is 9.78 Å². The van der Waals surface area contributed by atoms with Crippen LogP contribution in [0.25, 0.3) is 0 Å². The Morgan fingerprint density at radius 2 is 2.25 bits per heavy atom. The van der Waals surface area contributed by atoms with Gasteiger partial charge in [-0.15, -0.1) is 0 Å². The Bertz CT molecular complexity index is 381. The van der Waals surface area contributed by atoms with Crippen molar-refractivity contribution < 1.29 is 27.8 Å². The number of aryl methyl sites for hydroxylation is 1. The molecular formula is C8H9F3N2O3. The minimum Gasteiger partial charge on any atom is -0.477 e. The Labute approximate surface area is 88.4 Å². The molecule has 16 heavy (non-hydrogen) atoms. The van der Waals surface area contributed by atoms with Gasteiger partial charge in [-0.2, -0.15) is 5.10 Å². The van der Waals surface area contributed by atoms with E-state index in [0.29, 0.717) is 0 Å². The number of carboxylic acids is 1. The lowest BCUT2D eigenvalue weighted by molar-refractivity contribution is -0.136. The van der Waals surface area contributed by atoms with Crippen LogP contribution in [0.5, 0.6) is 0 Å². The van der Waals surface area contributed by atoms with Crippen molar-refractivity contribution in [3.8, 4) is 0 Å². The number of carbonyl (C=O) groups is 1. The van der Waals surface area contributed by atoms with Crippen molar-refractivity contribution >= 4 is 5.97 Å². The lowest BCUT2D eigenvalue weighted by Gasteiger charge is -2.06. The first-order chi connectivity index (χ1) is 7.41. The number of hydrogen-bond donors (Lipinski definition) is 1. The number of ether oxygens (including phenoxy) is 1. The number of halogens is 3. The fraction of sp³-hybridized carbons (Fsp3) is 0.500. The van der Waals surface area contributed by atoms with Gasteiger partial charge >= 0.3 is 5.97 Å². The minimum absolute atomic E-state index is 0.0724. The van der Waals surface area contributed by atoms with Gasteiger partial charge in [0.25, 0.3) is 12.8 Å². The molecule has 1 aromatic rings. The van der Waals surface area contributed by atoms with Gasteiger partial charge in [-0.1, -0.05) is 0 Å². The molecule has 0 amide bonds. The molecule has 1 unspecified atom stereocenters. The van der Waals surface area contributed by atoms with E-state index in [1.807, 2.05) is 0 Å². The second-order valence-electron chi connectivity index (χ2n) is 2.95. The Kier molecular flexibility index (Phi) is 3.88. The molecule has 1 N–H and O–H groups in total. The van der Waals surface area contributed by atoms with E-state index in [1.165, 1.54) is 7.05 Å². The van der Waals surface area contributed by atoms with Crippen molar-refractivity contribution in [1.29, 1.82) is 0 Å². The number of aromatic carboxylic acids is 1. The van der Waals surface area contributed by atoms with Crippen molar-refractivity contribution in [2.24, 2.45) is 7.05 Å². The molecule has 0 aromatic carbocycles. The van der Waals surface area contributed by atoms with Crippen molar-refractivity contribution in [3.63, 3.8) is 0 Å². The van der Waals surface area contributed by atoms with Gasteiger partial charge in [0.15, 0.2) is 0 Å². The number of rotatable bonds is 5. The Morgan fingerprint density at radius 1 is 1.62 bits per heavy atom. The van der Waals surface area contributed by atoms with Gasteiger partial charge in [0.1, 0.15) is 5.69 Å². The van der Waals surface area contributed by atoms with Crippen LogP contribution in [0, 0.1) is 0 Å². The Hall–Kier alpha value is -1.57. The summed E-state index contributed by atoms with van der Waals surface area (Å²) in [6, 6.07) is 1.13. The highest BCUT2D eigenvalue weighted by molar-refractivity contribution is 5.85. The highest BCUT2D eigenvalue weighted by Gasteiger charge is 2.20. The van der Waals surface area contributed by atoms with Crippen LogP contribution in [0.4, 0.5) is 13.2 Å². The maximum atomic E-state index is 12.4. The van der Waals surface area contributed by atoms with Crippen LogP contribution in [0.15, 0.2) is 6.07 Å². The monoisotopic (exact) mass is 238 g/mol. The summed E-state index contributed by atoms with van der Waals surface area (Å²) < 4.78 is 41.0. The van der Waals surface area contributed by atoms with E-state index in [1.54, 1.807) is 0 Å². The molecular weight excluding hydrogens is 229 g/mol. The van der Waals surface area contributed by atoms with Gasteiger partial charge in [-0.3, -0.25) is 4.68 Å². The Balaban J connectivity index is 2.62. The lowest BCUT2D eigenvalue weighted by atomic mass is 10.3. The van der Waals surface area contributed by atoms with Crippen LogP contribution in [-0.4, -0.2) is 33.6 Å². The molecule has 0 aliphatic rings. The van der Waals surface area contributed by atoms with Crippen LogP contribution >= 0.6 is 0 Å². The van der Waals surface area contributed by atoms with Crippen LogP contribution in [-0.2, 0) is 18.4 Å². The van der Waals surface area contributed by atoms with Crippen LogP contribution in [0.2, 0.25) is 0 Å². The maximum Gasteiger partial charge on any atom is 0.354 e. The lowest BCUT2D eigenvalue weighted by Crippen LogP contribution is -2.16. The molecule has 0 aliphatic carbocycles. The maximum absolute atomic E-state index is 12.4. The summed E-state index contributed by atoms with van der Waals surface area (Å²) in [7, 11) is 1.37. The highest BCUT2D eigenvalue weighted by atomic mass is 19.3. The highest BCUT2D eigenvalue weighted by Crippen LogP contribution is 2.11. The predicted octanol–water partition coefficient (Wildman–Crippen LogP) is 1.20. The molecule has 0 aliphatic heterocycles. The first kappa shape index (κ1) is 12.5. The summed E-state index contributed by atoms with van der Waals surface area (Å²) >= 11 is 0. The van der Waals surface area contributed by atoms with E-state index >= 15 is 0 Å². The molecule has 0 bridgehead atoms. The van der Waals surface area contributed by atoms with Crippen LogP contribution in [0.3, 0.4) is 0 Å². The zero-order valence-corrected chi connectivity index (χ0v) is 8.23. The molecule has 0 saturated carbocycles. The predicted molar refractivity (Wildman–Crippen MR) is 45.9 cm³/mol. The number of nitrogens with zero attached hydrogens (tertiary/aromatic N) is 2. The topological polar surface area (TPSA) is 64.4 Å². The number of carboxylic acid groups (broad SMARTS) is 1. The minimum atomic E-state index is -3.23. The molecule has 8 heteroatoms. The molecule has 90 valence electrons. The second-order valence-corrected chi connectivity index (χ2v) is 2.95. The normalized spacial score (nSPS) is 13.1. The van der Waals surface area contributed by atoms with Crippen molar-refractivity contribution in [3.05, 3.63) is 17.5 Å². The van der Waals surface area contributed by atoms with Gasteiger partial charge in [-0.25, -0.2) is 18.0 Å². The van der Waals surface area contributed by atoms with Gasteiger partial charge in [0.05, 0.1) is 12.3 Å². The zero-order valence-electron chi connectivity index (χ0n) is 8.23. The van der Waals surface area contributed by atoms with Crippen LogP contribution in [0.1, 0.15) is 16.2 Å². The molecule has 1 rings (SSSR count). The van der Waals surface area contributed by atoms with E-state index in [4.69, 9.17) is 5.11 Å². The first-order valence-electron chi connectivity index (χ1n) is 4.22. The molecule has 0 radical (unpaired) electrons. The van der Waals surface area contributed by atoms with E-state index in [0.717, 1.165) is 10.7 Å². The molecule has 5 nitrogen and oxygen atoms in total. The van der Waals surface area contributed by atoms with Gasteiger partial charge in [0, 0.05) is 7.05 Å². The molecule has 1 heterocycles. The average molecular weight is 238 g/mol. The average Bonchev–Trinajstić information content (AvgIpc) is 2.56. The van der Waals surface area contributed by atoms with E-state index in [9.17, 15) is 18.0 Å². The number of hydrogen-bond acceptors (Lipinski definition) is 3. The quantitative estimate of drug-likeness (QED) is 0.836. The first-order valence-corrected chi connectivity index (χ1v) is 4.22. The number of alkyl halides is 3. The second kappa shape index (κ2) is 4.97. The summed E-state index contributed by atoms with van der Waals surface area (Å²) in [4.78, 5) is 10.6. The molecule has 1 atom stereocenters. The van der Waals surface area contributed by atoms with E-state index in [-0.39, 0.29) is 11.4 Å². The molecule has 0 spiro atoms. The third kappa shape index (κ3) is 2.96. The third-order valence-electron chi connectivity index (χ3n) is 1.74. The smallest absolute Gasteiger partial charge is 0.354 e. The van der Waals surface area contributed by atoms with Crippen LogP contribution < -0.4 is 0 Å². The van der Waals surface area contributed by atoms with E-state index in [2.05, 4.69) is 9.84 Å². The summed E-state index contributed by atoms with van der Waals surface area (Å²) in [6.45, 7) is -0.507. The summed E-state index contributed by atoms with van der Waals surface area (Å²) in [5, 5.41) is 12.3. The van der Waals surface area contributed by atoms with Crippen molar-refractivity contribution in [2.45, 2.75) is 19.4 Å². The zero-order chi connectivity index (χ0) is 12.3. The summed E-state index contributed by atoms with van der Waals surface area (Å²) in [5.74, 6) is -1.22. The molecule has 0 fully saturated rings. The fourth-order valence-corrected chi connectivity index (χ4v) is 1.04. The standard InChI is InChI=1S/C8H9F3N2O3/c1-13-5(8(14)15)2-4(12-13)3-16-7(11)6(9)10/h2,6-7H,3H2,1H3,(H,14,15). The van der Waals surface area contributed by atoms with Crippen molar-refractivity contribution in [2.75, 3.05) is 0 Å². The summed E-state index contributed by atoms with van der Waals surface area (Å²) in [5.41, 5.74) is -0.0609. The Morgan fingerprint density at radius 3 is 2.69 bits per heavy atom. The molecule has 1 aromatic heterocycles. The summed E-state index contributed by atoms with van der Waals surface area (Å²) in [6.07, 6.45) is -5.93. The van der Waals surface area contributed by atoms with Gasteiger partial charge in [0.2, 0.25) is 0 Å². The fourth-order valence-electron chi connectivity index (χ4n) is 1.04. The third-order valence-corrected chi connectivity index (χ3v) is 1.74.